The lowest BCUT2D eigenvalue weighted by Crippen LogP contribution is -2.31. The number of hydrogen-bond donors (Lipinski definition) is 0. The van der Waals surface area contributed by atoms with Crippen LogP contribution >= 0.6 is 11.6 Å². The lowest BCUT2D eigenvalue weighted by atomic mass is 10.1. The van der Waals surface area contributed by atoms with Crippen LogP contribution in [0, 0.1) is 19.3 Å². The quantitative estimate of drug-likeness (QED) is 0.738. The number of hydrogen-bond acceptors (Lipinski definition) is 1. The van der Waals surface area contributed by atoms with Gasteiger partial charge in [0.05, 0.1) is 17.1 Å². The van der Waals surface area contributed by atoms with Crippen LogP contribution in [0.1, 0.15) is 22.8 Å². The van der Waals surface area contributed by atoms with Crippen LogP contribution in [0.2, 0.25) is 5.02 Å². The average molecular weight is 236 g/mol. The molecule has 0 aliphatic heterocycles. The number of terminal acetylenes is 1. The fraction of sp³-hybridized carbons (Fsp3) is 0.308. The molecule has 0 aromatic heterocycles. The SMILES string of the molecule is C#CCN(CC)C(=O)c1cccc(C)c1Cl. The highest BCUT2D eigenvalue weighted by molar-refractivity contribution is 6.34. The molecule has 0 N–H and O–H groups in total. The predicted octanol–water partition coefficient (Wildman–Crippen LogP) is 2.74. The monoisotopic (exact) mass is 235 g/mol. The van der Waals surface area contributed by atoms with Crippen molar-refractivity contribution >= 4 is 17.5 Å². The van der Waals surface area contributed by atoms with Crippen LogP contribution in [-0.2, 0) is 0 Å². The van der Waals surface area contributed by atoms with Gasteiger partial charge in [0.25, 0.3) is 5.91 Å². The Labute approximate surface area is 101 Å². The number of halogens is 1. The minimum Gasteiger partial charge on any atom is -0.328 e. The van der Waals surface area contributed by atoms with Crippen molar-refractivity contribution < 1.29 is 4.79 Å². The van der Waals surface area contributed by atoms with Crippen molar-refractivity contribution in [3.8, 4) is 12.3 Å². The molecule has 2 nitrogen and oxygen atoms in total. The minimum atomic E-state index is -0.117. The lowest BCUT2D eigenvalue weighted by molar-refractivity contribution is 0.0785. The van der Waals surface area contributed by atoms with Gasteiger partial charge in [-0.05, 0) is 25.5 Å². The van der Waals surface area contributed by atoms with Gasteiger partial charge in [-0.2, -0.15) is 0 Å². The standard InChI is InChI=1S/C13H14ClNO/c1-4-9-15(5-2)13(16)11-8-6-7-10(3)12(11)14/h1,6-8H,5,9H2,2-3H3. The van der Waals surface area contributed by atoms with Crippen LogP contribution in [0.25, 0.3) is 0 Å². The van der Waals surface area contributed by atoms with Crippen molar-refractivity contribution in [2.24, 2.45) is 0 Å². The first-order valence-electron chi connectivity index (χ1n) is 5.09. The van der Waals surface area contributed by atoms with E-state index >= 15 is 0 Å². The van der Waals surface area contributed by atoms with Gasteiger partial charge in [-0.3, -0.25) is 4.79 Å². The van der Waals surface area contributed by atoms with E-state index < -0.39 is 0 Å². The van der Waals surface area contributed by atoms with Gasteiger partial charge in [-0.15, -0.1) is 6.42 Å². The zero-order valence-electron chi connectivity index (χ0n) is 9.46. The summed E-state index contributed by atoms with van der Waals surface area (Å²) in [5.41, 5.74) is 1.41. The highest BCUT2D eigenvalue weighted by Gasteiger charge is 2.16. The first-order chi connectivity index (χ1) is 7.61. The van der Waals surface area contributed by atoms with E-state index in [1.165, 1.54) is 0 Å². The predicted molar refractivity (Wildman–Crippen MR) is 66.6 cm³/mol. The van der Waals surface area contributed by atoms with Crippen LogP contribution in [-0.4, -0.2) is 23.9 Å². The van der Waals surface area contributed by atoms with Crippen LogP contribution in [0.4, 0.5) is 0 Å². The fourth-order valence-corrected chi connectivity index (χ4v) is 1.63. The van der Waals surface area contributed by atoms with Crippen molar-refractivity contribution in [3.63, 3.8) is 0 Å². The molecule has 0 fully saturated rings. The van der Waals surface area contributed by atoms with Crippen LogP contribution < -0.4 is 0 Å². The molecule has 1 aromatic carbocycles. The Morgan fingerprint density at radius 3 is 2.81 bits per heavy atom. The maximum absolute atomic E-state index is 12.1. The number of rotatable bonds is 3. The van der Waals surface area contributed by atoms with Gasteiger partial charge in [0.15, 0.2) is 0 Å². The molecule has 0 spiro atoms. The van der Waals surface area contributed by atoms with E-state index in [-0.39, 0.29) is 5.91 Å². The largest absolute Gasteiger partial charge is 0.328 e. The van der Waals surface area contributed by atoms with Gasteiger partial charge >= 0.3 is 0 Å². The van der Waals surface area contributed by atoms with Crippen LogP contribution in [0.15, 0.2) is 18.2 Å². The first-order valence-corrected chi connectivity index (χ1v) is 5.47. The van der Waals surface area contributed by atoms with E-state index in [4.69, 9.17) is 18.0 Å². The maximum atomic E-state index is 12.1. The first kappa shape index (κ1) is 12.6. The molecule has 0 heterocycles. The van der Waals surface area contributed by atoms with Crippen molar-refractivity contribution in [1.82, 2.24) is 4.90 Å². The normalized spacial score (nSPS) is 9.62. The van der Waals surface area contributed by atoms with E-state index in [0.29, 0.717) is 23.7 Å². The summed E-state index contributed by atoms with van der Waals surface area (Å²) in [6.07, 6.45) is 5.21. The second-order valence-electron chi connectivity index (χ2n) is 3.46. The fourth-order valence-electron chi connectivity index (χ4n) is 1.42. The zero-order valence-corrected chi connectivity index (χ0v) is 10.2. The van der Waals surface area contributed by atoms with Crippen molar-refractivity contribution in [1.29, 1.82) is 0 Å². The number of carbonyl (C=O) groups is 1. The number of aryl methyl sites for hydroxylation is 1. The number of nitrogens with zero attached hydrogens (tertiary/aromatic N) is 1. The highest BCUT2D eigenvalue weighted by Crippen LogP contribution is 2.21. The van der Waals surface area contributed by atoms with Gasteiger partial charge in [-0.1, -0.05) is 29.7 Å². The van der Waals surface area contributed by atoms with Crippen molar-refractivity contribution in [3.05, 3.63) is 34.3 Å². The van der Waals surface area contributed by atoms with E-state index in [1.807, 2.05) is 26.0 Å². The Morgan fingerprint density at radius 1 is 1.56 bits per heavy atom. The van der Waals surface area contributed by atoms with Gasteiger partial charge in [0.1, 0.15) is 0 Å². The van der Waals surface area contributed by atoms with Crippen molar-refractivity contribution in [2.75, 3.05) is 13.1 Å². The molecule has 0 unspecified atom stereocenters. The molecule has 16 heavy (non-hydrogen) atoms. The maximum Gasteiger partial charge on any atom is 0.256 e. The Hall–Kier alpha value is -1.46. The second kappa shape index (κ2) is 5.58. The lowest BCUT2D eigenvalue weighted by Gasteiger charge is -2.19. The average Bonchev–Trinajstić information content (AvgIpc) is 2.29. The van der Waals surface area contributed by atoms with Gasteiger partial charge in [0.2, 0.25) is 0 Å². The van der Waals surface area contributed by atoms with Gasteiger partial charge in [-0.25, -0.2) is 0 Å². The Morgan fingerprint density at radius 2 is 2.25 bits per heavy atom. The van der Waals surface area contributed by atoms with Crippen molar-refractivity contribution in [2.45, 2.75) is 13.8 Å². The highest BCUT2D eigenvalue weighted by atomic mass is 35.5. The molecule has 1 rings (SSSR count). The van der Waals surface area contributed by atoms with E-state index in [2.05, 4.69) is 5.92 Å². The molecule has 84 valence electrons. The minimum absolute atomic E-state index is 0.117. The molecule has 0 atom stereocenters. The molecule has 3 heteroatoms. The molecule has 0 saturated heterocycles. The molecule has 0 radical (unpaired) electrons. The number of amides is 1. The van der Waals surface area contributed by atoms with Crippen LogP contribution in [0.3, 0.4) is 0 Å². The molecular formula is C13H14ClNO. The Balaban J connectivity index is 3.05. The van der Waals surface area contributed by atoms with Gasteiger partial charge in [0, 0.05) is 6.54 Å². The van der Waals surface area contributed by atoms with E-state index in [9.17, 15) is 4.79 Å². The molecule has 0 aliphatic rings. The third-order valence-electron chi connectivity index (χ3n) is 2.37. The molecule has 0 bridgehead atoms. The molecule has 0 saturated carbocycles. The number of carbonyl (C=O) groups excluding carboxylic acids is 1. The third-order valence-corrected chi connectivity index (χ3v) is 2.87. The van der Waals surface area contributed by atoms with Crippen LogP contribution in [0.5, 0.6) is 0 Å². The summed E-state index contributed by atoms with van der Waals surface area (Å²) in [4.78, 5) is 13.7. The molecular weight excluding hydrogens is 222 g/mol. The summed E-state index contributed by atoms with van der Waals surface area (Å²) in [5, 5.41) is 0.503. The summed E-state index contributed by atoms with van der Waals surface area (Å²) in [6, 6.07) is 5.41. The smallest absolute Gasteiger partial charge is 0.256 e. The zero-order chi connectivity index (χ0) is 12.1. The molecule has 0 aliphatic carbocycles. The van der Waals surface area contributed by atoms with Gasteiger partial charge < -0.3 is 4.90 Å². The summed E-state index contributed by atoms with van der Waals surface area (Å²) < 4.78 is 0. The second-order valence-corrected chi connectivity index (χ2v) is 3.84. The third kappa shape index (κ3) is 2.56. The summed E-state index contributed by atoms with van der Waals surface area (Å²) in [7, 11) is 0. The molecule has 1 aromatic rings. The summed E-state index contributed by atoms with van der Waals surface area (Å²) in [5.74, 6) is 2.35. The topological polar surface area (TPSA) is 20.3 Å². The van der Waals surface area contributed by atoms with E-state index in [0.717, 1.165) is 5.56 Å². The number of benzene rings is 1. The van der Waals surface area contributed by atoms with E-state index in [1.54, 1.807) is 11.0 Å². The molecule has 1 amide bonds. The Bertz CT molecular complexity index is 434. The summed E-state index contributed by atoms with van der Waals surface area (Å²) >= 11 is 6.09. The summed E-state index contributed by atoms with van der Waals surface area (Å²) in [6.45, 7) is 4.64. The Kier molecular flexibility index (Phi) is 4.39.